The number of ether oxygens (including phenoxy) is 1. The molecule has 7 rings (SSSR count). The molecule has 1 aliphatic heterocycles. The standard InChI is InChI=1S/C39H50N2O4/c1-25(2)33-19-29-20-37(24-42)32-16-13-26(3)31(32)21-38(29,39(33,37)36(43)44)35-18-28(15-14-27-10-6-5-7-11-27)34(45-35)23-41(4)22-30-12-8-9-17-40-30/h5-12,17,19,24-26,28-29,31-32,34-35H,13-16,18,20-23H2,1-4H3,(H,43,44)/t26-,28?,29?,31-,32-,34?,35?,37?,38?,39?/m1/s1. The summed E-state index contributed by atoms with van der Waals surface area (Å²) in [7, 11) is 2.14. The second kappa shape index (κ2) is 11.5. The van der Waals surface area contributed by atoms with Gasteiger partial charge < -0.3 is 14.6 Å². The normalized spacial score (nSPS) is 39.8. The van der Waals surface area contributed by atoms with Crippen LogP contribution in [0.3, 0.4) is 0 Å². The van der Waals surface area contributed by atoms with Gasteiger partial charge in [0.15, 0.2) is 0 Å². The highest BCUT2D eigenvalue weighted by Gasteiger charge is 2.86. The Hall–Kier alpha value is -2.83. The fraction of sp³-hybridized carbons (Fsp3) is 0.615. The van der Waals surface area contributed by atoms with Crippen molar-refractivity contribution >= 4 is 12.3 Å². The number of carbonyl (C=O) groups is 2. The number of aromatic nitrogens is 1. The monoisotopic (exact) mass is 610 g/mol. The smallest absolute Gasteiger partial charge is 0.315 e. The molecule has 2 heterocycles. The lowest BCUT2D eigenvalue weighted by Gasteiger charge is -2.60. The van der Waals surface area contributed by atoms with E-state index >= 15 is 0 Å². The summed E-state index contributed by atoms with van der Waals surface area (Å²) < 4.78 is 7.31. The molecular weight excluding hydrogens is 560 g/mol. The molecule has 6 nitrogen and oxygen atoms in total. The van der Waals surface area contributed by atoms with E-state index < -0.39 is 22.2 Å². The van der Waals surface area contributed by atoms with Crippen LogP contribution in [0.5, 0.6) is 0 Å². The van der Waals surface area contributed by atoms with Crippen molar-refractivity contribution in [1.29, 1.82) is 0 Å². The number of carboxylic acids is 1. The summed E-state index contributed by atoms with van der Waals surface area (Å²) in [6.07, 6.45) is 11.4. The molecule has 0 spiro atoms. The first-order valence-corrected chi connectivity index (χ1v) is 17.4. The number of rotatable bonds is 11. The second-order valence-electron chi connectivity index (χ2n) is 15.6. The Kier molecular flexibility index (Phi) is 7.84. The lowest BCUT2D eigenvalue weighted by molar-refractivity contribution is -0.197. The van der Waals surface area contributed by atoms with Crippen LogP contribution in [0.2, 0.25) is 0 Å². The molecule has 6 heteroatoms. The molecule has 4 fully saturated rings. The van der Waals surface area contributed by atoms with E-state index in [1.165, 1.54) is 5.56 Å². The third kappa shape index (κ3) is 4.37. The van der Waals surface area contributed by atoms with E-state index in [-0.39, 0.29) is 30.0 Å². The van der Waals surface area contributed by atoms with Crippen molar-refractivity contribution in [2.45, 2.75) is 84.5 Å². The fourth-order valence-electron chi connectivity index (χ4n) is 11.6. The number of aldehydes is 1. The number of hydrogen-bond acceptors (Lipinski definition) is 5. The van der Waals surface area contributed by atoms with Crippen molar-refractivity contribution in [2.75, 3.05) is 13.6 Å². The largest absolute Gasteiger partial charge is 0.481 e. The van der Waals surface area contributed by atoms with E-state index in [2.05, 4.69) is 80.2 Å². The quantitative estimate of drug-likeness (QED) is 0.222. The number of aliphatic carboxylic acids is 1. The minimum atomic E-state index is -1.20. The van der Waals surface area contributed by atoms with Crippen molar-refractivity contribution < 1.29 is 19.4 Å². The number of aryl methyl sites for hydroxylation is 1. The predicted octanol–water partition coefficient (Wildman–Crippen LogP) is 6.84. The van der Waals surface area contributed by atoms with Gasteiger partial charge in [-0.05, 0) is 98.8 Å². The highest BCUT2D eigenvalue weighted by Crippen LogP contribution is 2.84. The van der Waals surface area contributed by atoms with Gasteiger partial charge in [-0.3, -0.25) is 14.7 Å². The molecule has 3 saturated carbocycles. The van der Waals surface area contributed by atoms with Crippen LogP contribution in [0.25, 0.3) is 0 Å². The number of carboxylic acid groups (broad SMARTS) is 1. The number of allylic oxidation sites excluding steroid dienone is 1. The van der Waals surface area contributed by atoms with Crippen LogP contribution in [-0.4, -0.2) is 53.0 Å². The highest BCUT2D eigenvalue weighted by atomic mass is 16.5. The summed E-state index contributed by atoms with van der Waals surface area (Å²) in [5, 5.41) is 11.5. The molecule has 4 bridgehead atoms. The molecule has 1 aromatic heterocycles. The Labute approximate surface area is 268 Å². The number of likely N-dealkylation sites (N-methyl/N-ethyl adjacent to an activating group) is 1. The van der Waals surface area contributed by atoms with E-state index in [0.717, 1.165) is 69.2 Å². The molecule has 240 valence electrons. The minimum Gasteiger partial charge on any atom is -0.481 e. The molecule has 1 N–H and O–H groups in total. The van der Waals surface area contributed by atoms with Gasteiger partial charge >= 0.3 is 5.97 Å². The first-order valence-electron chi connectivity index (χ1n) is 17.4. The number of benzene rings is 1. The van der Waals surface area contributed by atoms with Gasteiger partial charge in [0.05, 0.1) is 23.3 Å². The number of nitrogens with zero attached hydrogens (tertiary/aromatic N) is 2. The molecule has 4 aliphatic carbocycles. The average Bonchev–Trinajstić information content (AvgIpc) is 3.74. The van der Waals surface area contributed by atoms with E-state index in [4.69, 9.17) is 4.74 Å². The Balaban J connectivity index is 1.27. The molecule has 1 saturated heterocycles. The van der Waals surface area contributed by atoms with Gasteiger partial charge in [0, 0.05) is 24.7 Å². The zero-order valence-corrected chi connectivity index (χ0v) is 27.4. The number of pyridine rings is 1. The molecular formula is C39H50N2O4. The van der Waals surface area contributed by atoms with Crippen LogP contribution < -0.4 is 0 Å². The minimum absolute atomic E-state index is 0.0144. The number of fused-ring (bicyclic) bond motifs is 2. The summed E-state index contributed by atoms with van der Waals surface area (Å²) in [6.45, 7) is 8.08. The van der Waals surface area contributed by atoms with Crippen molar-refractivity contribution in [3.63, 3.8) is 0 Å². The van der Waals surface area contributed by atoms with Crippen molar-refractivity contribution in [1.82, 2.24) is 9.88 Å². The van der Waals surface area contributed by atoms with Gasteiger partial charge in [0.1, 0.15) is 11.7 Å². The molecule has 7 unspecified atom stereocenters. The second-order valence-corrected chi connectivity index (χ2v) is 15.6. The molecule has 10 atom stereocenters. The maximum Gasteiger partial charge on any atom is 0.315 e. The topological polar surface area (TPSA) is 79.7 Å². The summed E-state index contributed by atoms with van der Waals surface area (Å²) >= 11 is 0. The van der Waals surface area contributed by atoms with Gasteiger partial charge in [0.25, 0.3) is 0 Å². The molecule has 0 radical (unpaired) electrons. The predicted molar refractivity (Wildman–Crippen MR) is 174 cm³/mol. The third-order valence-corrected chi connectivity index (χ3v) is 13.3. The summed E-state index contributed by atoms with van der Waals surface area (Å²) in [5.41, 5.74) is 0.696. The van der Waals surface area contributed by atoms with Crippen LogP contribution in [-0.2, 0) is 27.3 Å². The summed E-state index contributed by atoms with van der Waals surface area (Å²) in [4.78, 5) is 34.5. The van der Waals surface area contributed by atoms with E-state index in [0.29, 0.717) is 24.2 Å². The zero-order chi connectivity index (χ0) is 31.6. The maximum atomic E-state index is 14.1. The van der Waals surface area contributed by atoms with Crippen molar-refractivity contribution in [2.24, 2.45) is 51.8 Å². The Morgan fingerprint density at radius 1 is 1.13 bits per heavy atom. The first kappa shape index (κ1) is 30.8. The third-order valence-electron chi connectivity index (χ3n) is 13.3. The average molecular weight is 611 g/mol. The van der Waals surface area contributed by atoms with Crippen LogP contribution in [0.15, 0.2) is 66.4 Å². The first-order chi connectivity index (χ1) is 21.7. The van der Waals surface area contributed by atoms with E-state index in [9.17, 15) is 14.7 Å². The van der Waals surface area contributed by atoms with Gasteiger partial charge in [-0.2, -0.15) is 0 Å². The summed E-state index contributed by atoms with van der Waals surface area (Å²) in [5.74, 6) is 0.633. The summed E-state index contributed by atoms with van der Waals surface area (Å²) in [6, 6.07) is 16.7. The van der Waals surface area contributed by atoms with E-state index in [1.54, 1.807) is 0 Å². The molecule has 45 heavy (non-hydrogen) atoms. The van der Waals surface area contributed by atoms with Gasteiger partial charge in [-0.1, -0.05) is 75.2 Å². The van der Waals surface area contributed by atoms with E-state index in [1.807, 2.05) is 18.3 Å². The maximum absolute atomic E-state index is 14.1. The van der Waals surface area contributed by atoms with Crippen LogP contribution in [0.1, 0.15) is 70.6 Å². The number of carbonyl (C=O) groups excluding carboxylic acids is 1. The SMILES string of the molecule is CC(C)C1=CC2CC3(C=O)[C@@H]4CC[C@@H](C)[C@H]4CC2(C2CC(CCc4ccccc4)C(CN(C)Cc4ccccn4)O2)C13C(=O)O. The van der Waals surface area contributed by atoms with Gasteiger partial charge in [0.2, 0.25) is 0 Å². The Morgan fingerprint density at radius 3 is 2.60 bits per heavy atom. The Bertz CT molecular complexity index is 1440. The zero-order valence-electron chi connectivity index (χ0n) is 27.4. The molecule has 0 amide bonds. The van der Waals surface area contributed by atoms with Crippen LogP contribution in [0, 0.1) is 51.8 Å². The van der Waals surface area contributed by atoms with Crippen molar-refractivity contribution in [3.05, 3.63) is 77.6 Å². The highest BCUT2D eigenvalue weighted by molar-refractivity contribution is 5.90. The van der Waals surface area contributed by atoms with Crippen molar-refractivity contribution in [3.8, 4) is 0 Å². The molecule has 2 aromatic rings. The number of hydrogen-bond donors (Lipinski definition) is 1. The van der Waals surface area contributed by atoms with Gasteiger partial charge in [-0.15, -0.1) is 0 Å². The molecule has 5 aliphatic rings. The fourth-order valence-corrected chi connectivity index (χ4v) is 11.6. The lowest BCUT2D eigenvalue weighted by atomic mass is 9.41. The lowest BCUT2D eigenvalue weighted by Crippen LogP contribution is -2.65. The van der Waals surface area contributed by atoms with Crippen LogP contribution >= 0.6 is 0 Å². The van der Waals surface area contributed by atoms with Gasteiger partial charge in [-0.25, -0.2) is 0 Å². The Morgan fingerprint density at radius 2 is 1.91 bits per heavy atom. The molecule has 1 aromatic carbocycles. The van der Waals surface area contributed by atoms with Crippen LogP contribution in [0.4, 0.5) is 0 Å².